The first kappa shape index (κ1) is 12.0. The van der Waals surface area contributed by atoms with Crippen LogP contribution in [-0.4, -0.2) is 13.1 Å². The largest absolute Gasteiger partial charge is 0.315 e. The quantitative estimate of drug-likeness (QED) is 0.498. The van der Waals surface area contributed by atoms with Crippen LogP contribution in [-0.2, 0) is 0 Å². The maximum absolute atomic E-state index is 8.44. The highest BCUT2D eigenvalue weighted by Crippen LogP contribution is 2.20. The molecule has 0 saturated heterocycles. The minimum atomic E-state index is 0.199. The number of nitrogens with zero attached hydrogens (tertiary/aromatic N) is 1. The van der Waals surface area contributed by atoms with Gasteiger partial charge < -0.3 is 5.32 Å². The Kier molecular flexibility index (Phi) is 6.02. The van der Waals surface area contributed by atoms with Gasteiger partial charge in [0.2, 0.25) is 0 Å². The second kappa shape index (κ2) is 6.52. The lowest BCUT2D eigenvalue weighted by Gasteiger charge is -2.23. The Balaban J connectivity index is 3.52. The SMILES string of the molecule is C#CCCNCC(C)(C)CCC#N. The van der Waals surface area contributed by atoms with Crippen LogP contribution in [0.25, 0.3) is 0 Å². The second-order valence-electron chi connectivity index (χ2n) is 3.95. The van der Waals surface area contributed by atoms with Gasteiger partial charge in [-0.05, 0) is 11.8 Å². The molecule has 0 bridgehead atoms. The summed E-state index contributed by atoms with van der Waals surface area (Å²) in [6.07, 6.45) is 7.46. The molecule has 0 atom stereocenters. The average molecular weight is 178 g/mol. The minimum Gasteiger partial charge on any atom is -0.315 e. The Morgan fingerprint density at radius 2 is 2.08 bits per heavy atom. The Morgan fingerprint density at radius 3 is 2.62 bits per heavy atom. The molecular formula is C11H18N2. The Hall–Kier alpha value is -0.990. The van der Waals surface area contributed by atoms with E-state index < -0.39 is 0 Å². The first-order valence-electron chi connectivity index (χ1n) is 4.63. The van der Waals surface area contributed by atoms with E-state index in [1.54, 1.807) is 0 Å². The first-order valence-corrected chi connectivity index (χ1v) is 4.63. The molecule has 1 N–H and O–H groups in total. The molecular weight excluding hydrogens is 160 g/mol. The molecule has 2 nitrogen and oxygen atoms in total. The molecule has 0 aliphatic carbocycles. The standard InChI is InChI=1S/C11H18N2/c1-4-5-9-13-10-11(2,3)7-6-8-12/h1,13H,5-7,9-10H2,2-3H3. The molecule has 0 amide bonds. The Bertz CT molecular complexity index is 205. The minimum absolute atomic E-state index is 0.199. The van der Waals surface area contributed by atoms with Gasteiger partial charge in [0.05, 0.1) is 6.07 Å². The maximum atomic E-state index is 8.44. The highest BCUT2D eigenvalue weighted by Gasteiger charge is 2.16. The highest BCUT2D eigenvalue weighted by molar-refractivity contribution is 4.85. The molecule has 0 rings (SSSR count). The zero-order valence-electron chi connectivity index (χ0n) is 8.56. The van der Waals surface area contributed by atoms with Gasteiger partial charge in [0.1, 0.15) is 0 Å². The van der Waals surface area contributed by atoms with Crippen LogP contribution in [0.15, 0.2) is 0 Å². The molecule has 0 saturated carbocycles. The smallest absolute Gasteiger partial charge is 0.0621 e. The molecule has 0 unspecified atom stereocenters. The van der Waals surface area contributed by atoms with Gasteiger partial charge in [-0.2, -0.15) is 5.26 Å². The van der Waals surface area contributed by atoms with Crippen molar-refractivity contribution in [2.75, 3.05) is 13.1 Å². The first-order chi connectivity index (χ1) is 6.12. The lowest BCUT2D eigenvalue weighted by Crippen LogP contribution is -2.29. The molecule has 0 heterocycles. The van der Waals surface area contributed by atoms with Gasteiger partial charge in [0, 0.05) is 25.9 Å². The molecule has 13 heavy (non-hydrogen) atoms. The lowest BCUT2D eigenvalue weighted by atomic mass is 9.88. The molecule has 0 aromatic carbocycles. The fourth-order valence-electron chi connectivity index (χ4n) is 1.07. The summed E-state index contributed by atoms with van der Waals surface area (Å²) < 4.78 is 0. The van der Waals surface area contributed by atoms with Crippen molar-refractivity contribution in [3.8, 4) is 18.4 Å². The third kappa shape index (κ3) is 7.37. The summed E-state index contributed by atoms with van der Waals surface area (Å²) in [6.45, 7) is 6.11. The van der Waals surface area contributed by atoms with Crippen molar-refractivity contribution in [1.29, 1.82) is 5.26 Å². The Morgan fingerprint density at radius 1 is 1.38 bits per heavy atom. The topological polar surface area (TPSA) is 35.8 Å². The van der Waals surface area contributed by atoms with Gasteiger partial charge in [-0.25, -0.2) is 0 Å². The van der Waals surface area contributed by atoms with Gasteiger partial charge in [0.15, 0.2) is 0 Å². The zero-order chi connectivity index (χ0) is 10.2. The molecule has 0 spiro atoms. The van der Waals surface area contributed by atoms with Crippen molar-refractivity contribution in [2.24, 2.45) is 5.41 Å². The van der Waals surface area contributed by atoms with E-state index in [1.807, 2.05) is 0 Å². The maximum Gasteiger partial charge on any atom is 0.0621 e. The van der Waals surface area contributed by atoms with Gasteiger partial charge in [0.25, 0.3) is 0 Å². The summed E-state index contributed by atoms with van der Waals surface area (Å²) in [6, 6.07) is 2.17. The van der Waals surface area contributed by atoms with Crippen molar-refractivity contribution in [3.63, 3.8) is 0 Å². The van der Waals surface area contributed by atoms with Crippen LogP contribution in [0.1, 0.15) is 33.1 Å². The molecule has 0 aliphatic rings. The Labute approximate surface area is 81.3 Å². The van der Waals surface area contributed by atoms with Gasteiger partial charge in [-0.15, -0.1) is 12.3 Å². The molecule has 0 aromatic rings. The van der Waals surface area contributed by atoms with Gasteiger partial charge in [-0.1, -0.05) is 13.8 Å². The normalized spacial score (nSPS) is 10.5. The van der Waals surface area contributed by atoms with E-state index in [9.17, 15) is 0 Å². The summed E-state index contributed by atoms with van der Waals surface area (Å²) in [7, 11) is 0. The number of nitrogens with one attached hydrogen (secondary N) is 1. The van der Waals surface area contributed by atoms with E-state index in [-0.39, 0.29) is 5.41 Å². The second-order valence-corrected chi connectivity index (χ2v) is 3.95. The summed E-state index contributed by atoms with van der Waals surface area (Å²) in [5.41, 5.74) is 0.199. The van der Waals surface area contributed by atoms with E-state index >= 15 is 0 Å². The van der Waals surface area contributed by atoms with Crippen molar-refractivity contribution in [3.05, 3.63) is 0 Å². The molecule has 0 aliphatic heterocycles. The van der Waals surface area contributed by atoms with Crippen molar-refractivity contribution >= 4 is 0 Å². The predicted octanol–water partition coefficient (Wildman–Crippen LogP) is 1.93. The van der Waals surface area contributed by atoms with E-state index in [0.29, 0.717) is 6.42 Å². The average Bonchev–Trinajstić information content (AvgIpc) is 2.09. The van der Waals surface area contributed by atoms with Crippen LogP contribution in [0.3, 0.4) is 0 Å². The number of hydrogen-bond acceptors (Lipinski definition) is 2. The van der Waals surface area contributed by atoms with Crippen LogP contribution in [0.2, 0.25) is 0 Å². The van der Waals surface area contributed by atoms with Crippen molar-refractivity contribution < 1.29 is 0 Å². The summed E-state index contributed by atoms with van der Waals surface area (Å²) in [4.78, 5) is 0. The highest BCUT2D eigenvalue weighted by atomic mass is 14.9. The van der Waals surface area contributed by atoms with E-state index in [4.69, 9.17) is 11.7 Å². The van der Waals surface area contributed by atoms with E-state index in [0.717, 1.165) is 25.9 Å². The summed E-state index contributed by atoms with van der Waals surface area (Å²) in [5, 5.41) is 11.7. The molecule has 0 fully saturated rings. The predicted molar refractivity (Wildman–Crippen MR) is 54.9 cm³/mol. The lowest BCUT2D eigenvalue weighted by molar-refractivity contribution is 0.320. The van der Waals surface area contributed by atoms with Crippen LogP contribution in [0, 0.1) is 29.1 Å². The van der Waals surface area contributed by atoms with E-state index in [2.05, 4.69) is 31.2 Å². The third-order valence-electron chi connectivity index (χ3n) is 1.96. The molecule has 72 valence electrons. The van der Waals surface area contributed by atoms with Crippen molar-refractivity contribution in [1.82, 2.24) is 5.32 Å². The number of rotatable bonds is 6. The number of hydrogen-bond donors (Lipinski definition) is 1. The summed E-state index contributed by atoms with van der Waals surface area (Å²) in [5.74, 6) is 2.58. The van der Waals surface area contributed by atoms with Crippen LogP contribution >= 0.6 is 0 Å². The van der Waals surface area contributed by atoms with Gasteiger partial charge >= 0.3 is 0 Å². The fraction of sp³-hybridized carbons (Fsp3) is 0.727. The number of nitriles is 1. The molecule has 0 aromatic heterocycles. The van der Waals surface area contributed by atoms with Crippen molar-refractivity contribution in [2.45, 2.75) is 33.1 Å². The molecule has 2 heteroatoms. The fourth-order valence-corrected chi connectivity index (χ4v) is 1.07. The van der Waals surface area contributed by atoms with E-state index in [1.165, 1.54) is 0 Å². The van der Waals surface area contributed by atoms with Crippen LogP contribution in [0.4, 0.5) is 0 Å². The van der Waals surface area contributed by atoms with Crippen LogP contribution in [0.5, 0.6) is 0 Å². The molecule has 0 radical (unpaired) electrons. The third-order valence-corrected chi connectivity index (χ3v) is 1.96. The monoisotopic (exact) mass is 178 g/mol. The van der Waals surface area contributed by atoms with Crippen LogP contribution < -0.4 is 5.32 Å². The van der Waals surface area contributed by atoms with Gasteiger partial charge in [-0.3, -0.25) is 0 Å². The summed E-state index contributed by atoms with van der Waals surface area (Å²) >= 11 is 0. The zero-order valence-corrected chi connectivity index (χ0v) is 8.56. The number of terminal acetylenes is 1.